The number of aromatic nitrogens is 2. The van der Waals surface area contributed by atoms with Crippen molar-refractivity contribution in [2.24, 2.45) is 0 Å². The Morgan fingerprint density at radius 1 is 1.17 bits per heavy atom. The van der Waals surface area contributed by atoms with Crippen molar-refractivity contribution < 1.29 is 9.53 Å². The van der Waals surface area contributed by atoms with Gasteiger partial charge in [-0.1, -0.05) is 18.2 Å². The third kappa shape index (κ3) is 4.33. The number of piperidine rings is 1. The van der Waals surface area contributed by atoms with Crippen LogP contribution in [0.1, 0.15) is 18.9 Å². The van der Waals surface area contributed by atoms with Crippen LogP contribution in [0.5, 0.6) is 11.5 Å². The van der Waals surface area contributed by atoms with Gasteiger partial charge in [-0.3, -0.25) is 4.79 Å². The first kappa shape index (κ1) is 20.0. The molecule has 0 saturated carbocycles. The van der Waals surface area contributed by atoms with Crippen LogP contribution in [0.15, 0.2) is 67.3 Å². The zero-order valence-electron chi connectivity index (χ0n) is 16.5. The van der Waals surface area contributed by atoms with Crippen LogP contribution in [0.3, 0.4) is 0 Å². The third-order valence-electron chi connectivity index (χ3n) is 5.19. The molecule has 7 heteroatoms. The number of amides is 1. The lowest BCUT2D eigenvalue weighted by molar-refractivity contribution is -0.127. The molecular formula is C23H23ClN4O2. The summed E-state index contributed by atoms with van der Waals surface area (Å²) in [5, 5.41) is 5.39. The van der Waals surface area contributed by atoms with Crippen LogP contribution in [0, 0.1) is 0 Å². The molecule has 0 spiro atoms. The molecule has 1 aliphatic heterocycles. The molecule has 154 valence electrons. The van der Waals surface area contributed by atoms with Crippen molar-refractivity contribution >= 4 is 23.3 Å². The topological polar surface area (TPSA) is 73.4 Å². The molecule has 1 aromatic heterocycles. The van der Waals surface area contributed by atoms with Crippen LogP contribution in [0.4, 0.5) is 5.82 Å². The van der Waals surface area contributed by atoms with E-state index < -0.39 is 0 Å². The highest BCUT2D eigenvalue weighted by Gasteiger charge is 2.25. The first-order chi connectivity index (χ1) is 14.5. The first-order valence-electron chi connectivity index (χ1n) is 9.84. The number of halogens is 1. The van der Waals surface area contributed by atoms with Gasteiger partial charge >= 0.3 is 0 Å². The van der Waals surface area contributed by atoms with Crippen LogP contribution >= 0.6 is 11.6 Å². The number of likely N-dealkylation sites (tertiary alicyclic amines) is 1. The summed E-state index contributed by atoms with van der Waals surface area (Å²) >= 11 is 5.91. The molecule has 3 aromatic rings. The molecule has 1 atom stereocenters. The van der Waals surface area contributed by atoms with Crippen molar-refractivity contribution in [3.63, 3.8) is 0 Å². The van der Waals surface area contributed by atoms with E-state index in [4.69, 9.17) is 27.2 Å². The number of carbonyl (C=O) groups excluding carboxylic acids is 1. The lowest BCUT2D eigenvalue weighted by atomic mass is 10.1. The molecule has 2 aromatic carbocycles. The molecule has 0 unspecified atom stereocenters. The van der Waals surface area contributed by atoms with Gasteiger partial charge < -0.3 is 15.4 Å². The van der Waals surface area contributed by atoms with Crippen molar-refractivity contribution in [3.8, 4) is 22.8 Å². The van der Waals surface area contributed by atoms with E-state index in [1.54, 1.807) is 17.0 Å². The Morgan fingerprint density at radius 3 is 2.50 bits per heavy atom. The Kier molecular flexibility index (Phi) is 5.77. The summed E-state index contributed by atoms with van der Waals surface area (Å²) in [6.07, 6.45) is 3.20. The van der Waals surface area contributed by atoms with Gasteiger partial charge in [0.25, 0.3) is 0 Å². The van der Waals surface area contributed by atoms with Gasteiger partial charge in [0.2, 0.25) is 5.91 Å². The van der Waals surface area contributed by atoms with Gasteiger partial charge in [-0.05, 0) is 67.4 Å². The van der Waals surface area contributed by atoms with Crippen molar-refractivity contribution in [2.45, 2.75) is 18.9 Å². The molecule has 0 radical (unpaired) electrons. The fraction of sp³-hybridized carbons (Fsp3) is 0.217. The average Bonchev–Trinajstić information content (AvgIpc) is 3.17. The zero-order valence-corrected chi connectivity index (χ0v) is 17.3. The highest BCUT2D eigenvalue weighted by Crippen LogP contribution is 2.30. The van der Waals surface area contributed by atoms with E-state index in [1.807, 2.05) is 47.1 Å². The Hall–Kier alpha value is -3.25. The van der Waals surface area contributed by atoms with Gasteiger partial charge in [0, 0.05) is 29.7 Å². The number of ether oxygens (including phenoxy) is 1. The van der Waals surface area contributed by atoms with Gasteiger partial charge in [0.05, 0.1) is 11.7 Å². The molecule has 1 amide bonds. The van der Waals surface area contributed by atoms with E-state index in [2.05, 4.69) is 6.58 Å². The quantitative estimate of drug-likeness (QED) is 0.592. The molecule has 0 bridgehead atoms. The Labute approximate surface area is 180 Å². The standard InChI is InChI=1S/C23H23ClN4O2/c1-2-23(29)27-13-3-4-18(15-27)28-22(25)14-21(26-28)16-5-9-19(10-6-16)30-20-11-7-17(24)8-12-20/h2,5-12,14,18H,1,3-4,13,15,25H2/t18-/m1/s1. The Morgan fingerprint density at radius 2 is 1.83 bits per heavy atom. The van der Waals surface area contributed by atoms with Crippen LogP contribution in [0.2, 0.25) is 5.02 Å². The Balaban J connectivity index is 1.49. The number of benzene rings is 2. The fourth-order valence-corrected chi connectivity index (χ4v) is 3.78. The maximum Gasteiger partial charge on any atom is 0.246 e. The molecule has 2 heterocycles. The van der Waals surface area contributed by atoms with E-state index in [0.29, 0.717) is 17.4 Å². The summed E-state index contributed by atoms with van der Waals surface area (Å²) in [5.41, 5.74) is 7.98. The Bertz CT molecular complexity index is 1040. The molecule has 2 N–H and O–H groups in total. The second-order valence-electron chi connectivity index (χ2n) is 7.26. The zero-order chi connectivity index (χ0) is 21.1. The highest BCUT2D eigenvalue weighted by atomic mass is 35.5. The van der Waals surface area contributed by atoms with Crippen molar-refractivity contribution in [1.29, 1.82) is 0 Å². The number of nitrogens with two attached hydrogens (primary N) is 1. The van der Waals surface area contributed by atoms with Crippen molar-refractivity contribution in [3.05, 3.63) is 72.3 Å². The number of rotatable bonds is 5. The SMILES string of the molecule is C=CC(=O)N1CCC[C@@H](n2nc(-c3ccc(Oc4ccc(Cl)cc4)cc3)cc2N)C1. The van der Waals surface area contributed by atoms with Crippen LogP contribution in [-0.4, -0.2) is 33.7 Å². The number of nitrogens with zero attached hydrogens (tertiary/aromatic N) is 3. The van der Waals surface area contributed by atoms with Crippen molar-refractivity contribution in [1.82, 2.24) is 14.7 Å². The van der Waals surface area contributed by atoms with Gasteiger partial charge in [0.1, 0.15) is 17.3 Å². The lowest BCUT2D eigenvalue weighted by Crippen LogP contribution is -2.40. The van der Waals surface area contributed by atoms with Crippen LogP contribution in [0.25, 0.3) is 11.3 Å². The predicted octanol–water partition coefficient (Wildman–Crippen LogP) is 4.93. The first-order valence-corrected chi connectivity index (χ1v) is 10.2. The van der Waals surface area contributed by atoms with Gasteiger partial charge in [-0.15, -0.1) is 0 Å². The second kappa shape index (κ2) is 8.63. The number of nitrogen functional groups attached to an aromatic ring is 1. The summed E-state index contributed by atoms with van der Waals surface area (Å²) in [4.78, 5) is 13.8. The summed E-state index contributed by atoms with van der Waals surface area (Å²) in [6.45, 7) is 4.91. The largest absolute Gasteiger partial charge is 0.457 e. The minimum atomic E-state index is -0.0538. The van der Waals surface area contributed by atoms with E-state index in [0.717, 1.165) is 42.1 Å². The number of anilines is 1. The molecule has 1 aliphatic rings. The molecule has 0 aliphatic carbocycles. The van der Waals surface area contributed by atoms with Crippen LogP contribution < -0.4 is 10.5 Å². The number of carbonyl (C=O) groups is 1. The summed E-state index contributed by atoms with van der Waals surface area (Å²) in [5.74, 6) is 1.97. The van der Waals surface area contributed by atoms with E-state index in [9.17, 15) is 4.79 Å². The summed E-state index contributed by atoms with van der Waals surface area (Å²) in [6, 6.07) is 16.8. The molecule has 1 saturated heterocycles. The van der Waals surface area contributed by atoms with E-state index in [1.165, 1.54) is 6.08 Å². The number of hydrogen-bond donors (Lipinski definition) is 1. The number of hydrogen-bond acceptors (Lipinski definition) is 4. The average molecular weight is 423 g/mol. The molecule has 30 heavy (non-hydrogen) atoms. The monoisotopic (exact) mass is 422 g/mol. The second-order valence-corrected chi connectivity index (χ2v) is 7.70. The normalized spacial score (nSPS) is 16.3. The fourth-order valence-electron chi connectivity index (χ4n) is 3.66. The molecular weight excluding hydrogens is 400 g/mol. The lowest BCUT2D eigenvalue weighted by Gasteiger charge is -2.32. The van der Waals surface area contributed by atoms with Gasteiger partial charge in [-0.25, -0.2) is 4.68 Å². The van der Waals surface area contributed by atoms with E-state index >= 15 is 0 Å². The third-order valence-corrected chi connectivity index (χ3v) is 5.44. The minimum absolute atomic E-state index is 0.0538. The minimum Gasteiger partial charge on any atom is -0.457 e. The van der Waals surface area contributed by atoms with Gasteiger partial charge in [0.15, 0.2) is 0 Å². The maximum absolute atomic E-state index is 12.0. The van der Waals surface area contributed by atoms with Gasteiger partial charge in [-0.2, -0.15) is 5.10 Å². The molecule has 4 rings (SSSR count). The molecule has 6 nitrogen and oxygen atoms in total. The summed E-state index contributed by atoms with van der Waals surface area (Å²) in [7, 11) is 0. The summed E-state index contributed by atoms with van der Waals surface area (Å²) < 4.78 is 7.67. The predicted molar refractivity (Wildman–Crippen MR) is 119 cm³/mol. The molecule has 1 fully saturated rings. The van der Waals surface area contributed by atoms with Crippen LogP contribution in [-0.2, 0) is 4.79 Å². The van der Waals surface area contributed by atoms with Crippen molar-refractivity contribution in [2.75, 3.05) is 18.8 Å². The smallest absolute Gasteiger partial charge is 0.246 e. The van der Waals surface area contributed by atoms with E-state index in [-0.39, 0.29) is 11.9 Å². The maximum atomic E-state index is 12.0. The highest BCUT2D eigenvalue weighted by molar-refractivity contribution is 6.30.